The number of aromatic amines is 1. The van der Waals surface area contributed by atoms with E-state index in [0.29, 0.717) is 0 Å². The van der Waals surface area contributed by atoms with Gasteiger partial charge in [0, 0.05) is 66.0 Å². The fraction of sp³-hybridized carbons (Fsp3) is 0.292. The summed E-state index contributed by atoms with van der Waals surface area (Å²) in [6.07, 6.45) is 1.03. The Hall–Kier alpha value is -2.85. The monoisotopic (exact) mass is 370 g/mol. The van der Waals surface area contributed by atoms with E-state index in [1.165, 1.54) is 39.0 Å². The van der Waals surface area contributed by atoms with Gasteiger partial charge in [0.25, 0.3) is 0 Å². The highest BCUT2D eigenvalue weighted by Crippen LogP contribution is 2.37. The molecule has 4 heteroatoms. The minimum absolute atomic E-state index is 0.946. The normalized spacial score (nSPS) is 14.5. The average Bonchev–Trinajstić information content (AvgIpc) is 3.26. The molecule has 3 heterocycles. The summed E-state index contributed by atoms with van der Waals surface area (Å²) in [5, 5.41) is 9.45. The second-order valence-corrected chi connectivity index (χ2v) is 7.70. The zero-order valence-corrected chi connectivity index (χ0v) is 16.6. The summed E-state index contributed by atoms with van der Waals surface area (Å²) in [5.74, 6) is 0. The molecule has 0 spiro atoms. The van der Waals surface area contributed by atoms with Crippen LogP contribution in [0.25, 0.3) is 22.2 Å². The van der Waals surface area contributed by atoms with Crippen molar-refractivity contribution in [3.05, 3.63) is 77.1 Å². The molecule has 0 fully saturated rings. The molecule has 1 aliphatic heterocycles. The van der Waals surface area contributed by atoms with E-state index in [2.05, 4.69) is 83.0 Å². The van der Waals surface area contributed by atoms with Gasteiger partial charge in [-0.1, -0.05) is 48.5 Å². The van der Waals surface area contributed by atoms with Crippen molar-refractivity contribution >= 4 is 10.9 Å². The van der Waals surface area contributed by atoms with E-state index in [0.717, 1.165) is 38.3 Å². The molecule has 1 aliphatic rings. The Bertz CT molecular complexity index is 1120. The van der Waals surface area contributed by atoms with Gasteiger partial charge in [0.2, 0.25) is 0 Å². The first kappa shape index (κ1) is 17.3. The minimum atomic E-state index is 0.946. The predicted octanol–water partition coefficient (Wildman–Crippen LogP) is 4.92. The van der Waals surface area contributed by atoms with Gasteiger partial charge >= 0.3 is 0 Å². The van der Waals surface area contributed by atoms with Crippen molar-refractivity contribution in [2.24, 2.45) is 0 Å². The maximum atomic E-state index is 4.80. The lowest BCUT2D eigenvalue weighted by Crippen LogP contribution is -2.30. The van der Waals surface area contributed by atoms with Crippen LogP contribution < -0.4 is 0 Å². The molecule has 0 radical (unpaired) electrons. The van der Waals surface area contributed by atoms with Gasteiger partial charge in [-0.3, -0.25) is 10.00 Å². The van der Waals surface area contributed by atoms with Gasteiger partial charge in [-0.15, -0.1) is 0 Å². The smallest absolute Gasteiger partial charge is 0.0992 e. The van der Waals surface area contributed by atoms with Crippen LogP contribution in [-0.2, 0) is 26.1 Å². The number of fused-ring (bicyclic) bond motifs is 2. The molecular formula is C24H26N4. The van der Waals surface area contributed by atoms with E-state index in [1.54, 1.807) is 0 Å². The molecule has 28 heavy (non-hydrogen) atoms. The lowest BCUT2D eigenvalue weighted by molar-refractivity contribution is 0.245. The molecule has 4 nitrogen and oxygen atoms in total. The zero-order chi connectivity index (χ0) is 19.1. The Kier molecular flexibility index (Phi) is 4.29. The van der Waals surface area contributed by atoms with Crippen LogP contribution in [0.4, 0.5) is 0 Å². The molecule has 0 aliphatic carbocycles. The van der Waals surface area contributed by atoms with Gasteiger partial charge in [0.05, 0.1) is 5.69 Å². The fourth-order valence-electron chi connectivity index (χ4n) is 4.67. The summed E-state index contributed by atoms with van der Waals surface area (Å²) in [7, 11) is 0. The SMILES string of the molecule is CCn1c(C)c(-c2n[nH]c3c2CN(Cc2ccccc2)CC3)c2ccccc21. The number of aromatic nitrogens is 3. The number of H-pyrrole nitrogens is 1. The van der Waals surface area contributed by atoms with Crippen LogP contribution >= 0.6 is 0 Å². The Labute approximate surface area is 165 Å². The zero-order valence-electron chi connectivity index (χ0n) is 16.6. The molecule has 2 aromatic carbocycles. The second kappa shape index (κ2) is 6.95. The predicted molar refractivity (Wildman–Crippen MR) is 114 cm³/mol. The Morgan fingerprint density at radius 3 is 2.64 bits per heavy atom. The van der Waals surface area contributed by atoms with Crippen molar-refractivity contribution in [2.75, 3.05) is 6.54 Å². The van der Waals surface area contributed by atoms with Crippen molar-refractivity contribution in [2.45, 2.75) is 39.9 Å². The molecule has 0 atom stereocenters. The molecule has 2 aromatic heterocycles. The van der Waals surface area contributed by atoms with Crippen molar-refractivity contribution in [3.8, 4) is 11.3 Å². The number of rotatable bonds is 4. The van der Waals surface area contributed by atoms with Crippen molar-refractivity contribution in [1.29, 1.82) is 0 Å². The maximum Gasteiger partial charge on any atom is 0.0992 e. The van der Waals surface area contributed by atoms with Gasteiger partial charge in [0.1, 0.15) is 0 Å². The highest BCUT2D eigenvalue weighted by Gasteiger charge is 2.26. The summed E-state index contributed by atoms with van der Waals surface area (Å²) in [6, 6.07) is 19.5. The number of hydrogen-bond donors (Lipinski definition) is 1. The molecule has 0 bridgehead atoms. The summed E-state index contributed by atoms with van der Waals surface area (Å²) in [4.78, 5) is 2.53. The fourth-order valence-corrected chi connectivity index (χ4v) is 4.67. The minimum Gasteiger partial charge on any atom is -0.344 e. The Morgan fingerprint density at radius 2 is 1.82 bits per heavy atom. The lowest BCUT2D eigenvalue weighted by Gasteiger charge is -2.27. The van der Waals surface area contributed by atoms with Crippen LogP contribution in [0.15, 0.2) is 54.6 Å². The van der Waals surface area contributed by atoms with E-state index in [4.69, 9.17) is 5.10 Å². The molecular weight excluding hydrogens is 344 g/mol. The molecule has 5 rings (SSSR count). The number of aryl methyl sites for hydroxylation is 1. The summed E-state index contributed by atoms with van der Waals surface area (Å²) >= 11 is 0. The topological polar surface area (TPSA) is 36.9 Å². The van der Waals surface area contributed by atoms with E-state index >= 15 is 0 Å². The molecule has 1 N–H and O–H groups in total. The number of hydrogen-bond acceptors (Lipinski definition) is 2. The highest BCUT2D eigenvalue weighted by molar-refractivity contribution is 5.98. The van der Waals surface area contributed by atoms with Crippen LogP contribution in [0, 0.1) is 6.92 Å². The summed E-state index contributed by atoms with van der Waals surface area (Å²) in [5.41, 5.74) is 9.06. The van der Waals surface area contributed by atoms with Crippen LogP contribution in [0.1, 0.15) is 29.4 Å². The number of para-hydroxylation sites is 1. The first-order valence-electron chi connectivity index (χ1n) is 10.2. The van der Waals surface area contributed by atoms with E-state index < -0.39 is 0 Å². The molecule has 4 aromatic rings. The number of benzene rings is 2. The summed E-state index contributed by atoms with van der Waals surface area (Å²) in [6.45, 7) is 8.41. The van der Waals surface area contributed by atoms with Crippen LogP contribution in [0.5, 0.6) is 0 Å². The van der Waals surface area contributed by atoms with Gasteiger partial charge < -0.3 is 4.57 Å². The molecule has 0 saturated heterocycles. The quantitative estimate of drug-likeness (QED) is 0.554. The van der Waals surface area contributed by atoms with Gasteiger partial charge in [0.15, 0.2) is 0 Å². The standard InChI is InChI=1S/C24H26N4/c1-3-28-17(2)23(19-11-7-8-12-22(19)28)24-20-16-27(14-13-21(20)25-26-24)15-18-9-5-4-6-10-18/h4-12H,3,13-16H2,1-2H3,(H,25,26). The van der Waals surface area contributed by atoms with E-state index in [-0.39, 0.29) is 0 Å². The van der Waals surface area contributed by atoms with Crippen LogP contribution in [-0.4, -0.2) is 26.2 Å². The maximum absolute atomic E-state index is 4.80. The van der Waals surface area contributed by atoms with Crippen LogP contribution in [0.2, 0.25) is 0 Å². The number of nitrogens with one attached hydrogen (secondary N) is 1. The van der Waals surface area contributed by atoms with E-state index in [9.17, 15) is 0 Å². The third-order valence-corrected chi connectivity index (χ3v) is 6.05. The first-order chi connectivity index (χ1) is 13.8. The average molecular weight is 371 g/mol. The van der Waals surface area contributed by atoms with Crippen molar-refractivity contribution in [1.82, 2.24) is 19.7 Å². The first-order valence-corrected chi connectivity index (χ1v) is 10.2. The molecule has 142 valence electrons. The third-order valence-electron chi connectivity index (χ3n) is 6.05. The largest absolute Gasteiger partial charge is 0.344 e. The second-order valence-electron chi connectivity index (χ2n) is 7.70. The van der Waals surface area contributed by atoms with Gasteiger partial charge in [-0.2, -0.15) is 5.10 Å². The summed E-state index contributed by atoms with van der Waals surface area (Å²) < 4.78 is 2.40. The Morgan fingerprint density at radius 1 is 1.04 bits per heavy atom. The third kappa shape index (κ3) is 2.76. The Balaban J connectivity index is 1.56. The van der Waals surface area contributed by atoms with Crippen molar-refractivity contribution in [3.63, 3.8) is 0 Å². The van der Waals surface area contributed by atoms with Gasteiger partial charge in [-0.05, 0) is 25.5 Å². The van der Waals surface area contributed by atoms with Gasteiger partial charge in [-0.25, -0.2) is 0 Å². The van der Waals surface area contributed by atoms with E-state index in [1.807, 2.05) is 0 Å². The van der Waals surface area contributed by atoms with Crippen LogP contribution in [0.3, 0.4) is 0 Å². The van der Waals surface area contributed by atoms with Crippen molar-refractivity contribution < 1.29 is 0 Å². The highest BCUT2D eigenvalue weighted by atomic mass is 15.2. The molecule has 0 amide bonds. The molecule has 0 unspecified atom stereocenters. The lowest BCUT2D eigenvalue weighted by atomic mass is 9.98. The molecule has 0 saturated carbocycles. The number of nitrogens with zero attached hydrogens (tertiary/aromatic N) is 3.